The minimum absolute atomic E-state index is 0.171. The summed E-state index contributed by atoms with van der Waals surface area (Å²) in [7, 11) is 0. The smallest absolute Gasteiger partial charge is 0.303 e. The van der Waals surface area contributed by atoms with Crippen molar-refractivity contribution < 1.29 is 33.3 Å². The van der Waals surface area contributed by atoms with Crippen LogP contribution >= 0.6 is 12.2 Å². The van der Waals surface area contributed by atoms with Crippen LogP contribution in [0.3, 0.4) is 0 Å². The Morgan fingerprint density at radius 2 is 1.77 bits per heavy atom. The molecule has 0 radical (unpaired) electrons. The molecule has 0 amide bonds. The van der Waals surface area contributed by atoms with Gasteiger partial charge < -0.3 is 23.9 Å². The quantitative estimate of drug-likeness (QED) is 0.201. The lowest BCUT2D eigenvalue weighted by molar-refractivity contribution is -0.166. The number of esters is 3. The van der Waals surface area contributed by atoms with E-state index >= 15 is 0 Å². The van der Waals surface area contributed by atoms with Crippen LogP contribution in [-0.2, 0) is 33.3 Å². The Morgan fingerprint density at radius 3 is 2.46 bits per heavy atom. The van der Waals surface area contributed by atoms with Gasteiger partial charge in [-0.2, -0.15) is 9.67 Å². The van der Waals surface area contributed by atoms with Crippen LogP contribution in [0.15, 0.2) is 42.9 Å². The molecule has 1 aromatic carbocycles. The summed E-state index contributed by atoms with van der Waals surface area (Å²) >= 11 is 5.48. The van der Waals surface area contributed by atoms with Crippen LogP contribution < -0.4 is 0 Å². The fourth-order valence-electron chi connectivity index (χ4n) is 4.25. The molecule has 1 aliphatic rings. The first-order valence-corrected chi connectivity index (χ1v) is 12.2. The number of imidazole rings is 1. The highest BCUT2D eigenvalue weighted by atomic mass is 32.1. The second-order valence-corrected chi connectivity index (χ2v) is 9.03. The third-order valence-electron chi connectivity index (χ3n) is 5.83. The van der Waals surface area contributed by atoms with Crippen LogP contribution in [0.5, 0.6) is 0 Å². The molecule has 4 aromatic rings. The van der Waals surface area contributed by atoms with Gasteiger partial charge in [0.05, 0.1) is 12.5 Å². The number of benzene rings is 1. The van der Waals surface area contributed by atoms with E-state index in [0.29, 0.717) is 16.9 Å². The molecule has 1 fully saturated rings. The van der Waals surface area contributed by atoms with Gasteiger partial charge in [0.15, 0.2) is 23.1 Å². The van der Waals surface area contributed by atoms with Gasteiger partial charge in [-0.1, -0.05) is 47.8 Å². The maximum absolute atomic E-state index is 12.0. The number of hydrogen-bond donors (Lipinski definition) is 1. The van der Waals surface area contributed by atoms with Crippen LogP contribution in [0, 0.1) is 4.64 Å². The monoisotopic (exact) mass is 553 g/mol. The number of H-pyrrole nitrogens is 1. The Morgan fingerprint density at radius 1 is 1.05 bits per heavy atom. The third-order valence-corrected chi connectivity index (χ3v) is 6.11. The second kappa shape index (κ2) is 10.7. The van der Waals surface area contributed by atoms with Crippen molar-refractivity contribution in [1.29, 1.82) is 0 Å². The SMILES string of the molecule is CC(=O)OC[C@H]1O[C@@H](n2cnc3c(=S)nc(-n4cc(-c5ccccc5)nn4)[nH]c32)[C@H](OC(C)=O)[C@@H]1OC(C)=O. The van der Waals surface area contributed by atoms with Crippen molar-refractivity contribution in [1.82, 2.24) is 34.5 Å². The minimum atomic E-state index is -1.10. The first kappa shape index (κ1) is 26.1. The molecular weight excluding hydrogens is 530 g/mol. The minimum Gasteiger partial charge on any atom is -0.463 e. The number of aromatic amines is 1. The highest BCUT2D eigenvalue weighted by molar-refractivity contribution is 7.71. The van der Waals surface area contributed by atoms with Crippen LogP contribution in [0.4, 0.5) is 0 Å². The topological polar surface area (TPSA) is 165 Å². The van der Waals surface area contributed by atoms with E-state index in [-0.39, 0.29) is 17.2 Å². The molecule has 15 heteroatoms. The molecule has 1 aliphatic heterocycles. The van der Waals surface area contributed by atoms with Crippen molar-refractivity contribution in [3.8, 4) is 17.2 Å². The number of fused-ring (bicyclic) bond motifs is 1. The van der Waals surface area contributed by atoms with E-state index in [0.717, 1.165) is 5.56 Å². The van der Waals surface area contributed by atoms with Crippen LogP contribution in [-0.4, -0.2) is 77.3 Å². The molecule has 1 N–H and O–H groups in total. The van der Waals surface area contributed by atoms with Gasteiger partial charge in [0.1, 0.15) is 29.6 Å². The first-order valence-electron chi connectivity index (χ1n) is 11.8. The van der Waals surface area contributed by atoms with E-state index in [1.807, 2.05) is 30.3 Å². The molecule has 202 valence electrons. The zero-order valence-corrected chi connectivity index (χ0v) is 21.8. The van der Waals surface area contributed by atoms with E-state index in [9.17, 15) is 14.4 Å². The maximum atomic E-state index is 12.0. The van der Waals surface area contributed by atoms with Crippen LogP contribution in [0.25, 0.3) is 28.4 Å². The van der Waals surface area contributed by atoms with Crippen molar-refractivity contribution in [3.05, 3.63) is 47.5 Å². The largest absolute Gasteiger partial charge is 0.463 e. The summed E-state index contributed by atoms with van der Waals surface area (Å²) in [6.07, 6.45) is -1.01. The average molecular weight is 554 g/mol. The summed E-state index contributed by atoms with van der Waals surface area (Å²) in [5, 5.41) is 8.38. The summed E-state index contributed by atoms with van der Waals surface area (Å²) in [6, 6.07) is 9.49. The highest BCUT2D eigenvalue weighted by Gasteiger charge is 2.51. The standard InChI is InChI=1S/C24H23N7O7S/c1-12(32)35-10-17-19(36-13(2)33)20(37-14(3)34)23(38-17)30-11-25-18-21(30)26-24(27-22(18)39)31-9-16(28-29-31)15-7-5-4-6-8-15/h4-9,11,17,19-20,23H,10H2,1-3H3,(H,26,27,39)/t17-,19-,20-,23-/m1/s1. The summed E-state index contributed by atoms with van der Waals surface area (Å²) in [4.78, 5) is 47.2. The molecule has 5 rings (SSSR count). The van der Waals surface area contributed by atoms with E-state index in [1.165, 1.54) is 31.8 Å². The normalized spacial score (nSPS) is 20.6. The zero-order valence-electron chi connectivity index (χ0n) is 21.0. The molecule has 0 bridgehead atoms. The molecule has 1 saturated heterocycles. The van der Waals surface area contributed by atoms with Gasteiger partial charge in [-0.05, 0) is 0 Å². The van der Waals surface area contributed by atoms with Gasteiger partial charge in [0.2, 0.25) is 5.95 Å². The molecule has 0 saturated carbocycles. The summed E-state index contributed by atoms with van der Waals surface area (Å²) in [6.45, 7) is 3.43. The molecule has 0 unspecified atom stereocenters. The number of hydrogen-bond acceptors (Lipinski definition) is 12. The van der Waals surface area contributed by atoms with Crippen molar-refractivity contribution in [2.75, 3.05) is 6.61 Å². The van der Waals surface area contributed by atoms with Crippen LogP contribution in [0.1, 0.15) is 27.0 Å². The number of aromatic nitrogens is 7. The number of carbonyl (C=O) groups is 3. The van der Waals surface area contributed by atoms with Gasteiger partial charge >= 0.3 is 17.9 Å². The Labute approximate surface area is 225 Å². The summed E-state index contributed by atoms with van der Waals surface area (Å²) < 4.78 is 25.3. The van der Waals surface area contributed by atoms with Crippen LogP contribution in [0.2, 0.25) is 0 Å². The lowest BCUT2D eigenvalue weighted by Crippen LogP contribution is -2.40. The van der Waals surface area contributed by atoms with Gasteiger partial charge in [-0.15, -0.1) is 5.10 Å². The number of nitrogens with zero attached hydrogens (tertiary/aromatic N) is 6. The van der Waals surface area contributed by atoms with Gasteiger partial charge in [0, 0.05) is 26.3 Å². The second-order valence-electron chi connectivity index (χ2n) is 8.64. The number of ether oxygens (including phenoxy) is 4. The Bertz CT molecular complexity index is 1600. The lowest BCUT2D eigenvalue weighted by atomic mass is 10.1. The third kappa shape index (κ3) is 5.39. The van der Waals surface area contributed by atoms with Gasteiger partial charge in [-0.3, -0.25) is 19.0 Å². The Balaban J connectivity index is 1.55. The van der Waals surface area contributed by atoms with Crippen molar-refractivity contribution in [2.45, 2.75) is 45.3 Å². The molecule has 39 heavy (non-hydrogen) atoms. The highest BCUT2D eigenvalue weighted by Crippen LogP contribution is 2.36. The van der Waals surface area contributed by atoms with Crippen molar-refractivity contribution in [2.24, 2.45) is 0 Å². The summed E-state index contributed by atoms with van der Waals surface area (Å²) in [5.41, 5.74) is 2.21. The Hall–Kier alpha value is -4.50. The molecule has 14 nitrogen and oxygen atoms in total. The first-order chi connectivity index (χ1) is 18.7. The fraction of sp³-hybridized carbons (Fsp3) is 0.333. The predicted octanol–water partition coefficient (Wildman–Crippen LogP) is 2.06. The van der Waals surface area contributed by atoms with E-state index < -0.39 is 42.4 Å². The predicted molar refractivity (Wildman–Crippen MR) is 135 cm³/mol. The number of nitrogens with one attached hydrogen (secondary N) is 1. The summed E-state index contributed by atoms with van der Waals surface area (Å²) in [5.74, 6) is -1.56. The number of carbonyl (C=O) groups excluding carboxylic acids is 3. The molecule has 4 atom stereocenters. The van der Waals surface area contributed by atoms with Gasteiger partial charge in [0.25, 0.3) is 0 Å². The van der Waals surface area contributed by atoms with E-state index in [2.05, 4.69) is 25.3 Å². The lowest BCUT2D eigenvalue weighted by Gasteiger charge is -2.23. The maximum Gasteiger partial charge on any atom is 0.303 e. The zero-order chi connectivity index (χ0) is 27.7. The fourth-order valence-corrected chi connectivity index (χ4v) is 4.49. The Kier molecular flexibility index (Phi) is 7.17. The van der Waals surface area contributed by atoms with E-state index in [1.54, 1.807) is 10.8 Å². The van der Waals surface area contributed by atoms with Gasteiger partial charge in [-0.25, -0.2) is 4.98 Å². The number of rotatable bonds is 7. The van der Waals surface area contributed by atoms with E-state index in [4.69, 9.17) is 31.2 Å². The average Bonchev–Trinajstić information content (AvgIpc) is 3.61. The molecule has 3 aromatic heterocycles. The van der Waals surface area contributed by atoms with Crippen molar-refractivity contribution in [3.63, 3.8) is 0 Å². The van der Waals surface area contributed by atoms with Crippen molar-refractivity contribution >= 4 is 41.3 Å². The molecular formula is C24H23N7O7S. The molecule has 0 aliphatic carbocycles. The molecule has 0 spiro atoms. The molecule has 4 heterocycles.